The van der Waals surface area contributed by atoms with Crippen LogP contribution in [0.3, 0.4) is 0 Å². The van der Waals surface area contributed by atoms with Gasteiger partial charge in [0.2, 0.25) is 0 Å². The summed E-state index contributed by atoms with van der Waals surface area (Å²) < 4.78 is 42.4. The Kier molecular flexibility index (Phi) is 38.3. The van der Waals surface area contributed by atoms with Crippen LogP contribution < -0.4 is 10.2 Å². The van der Waals surface area contributed by atoms with Gasteiger partial charge in [-0.25, -0.2) is 4.79 Å². The van der Waals surface area contributed by atoms with Crippen LogP contribution >= 0.6 is 7.82 Å². The summed E-state index contributed by atoms with van der Waals surface area (Å²) in [5.41, 5.74) is 0. The quantitative estimate of drug-likeness (QED) is 0.0279. The lowest BCUT2D eigenvalue weighted by Crippen LogP contribution is -2.31. The van der Waals surface area contributed by atoms with Crippen molar-refractivity contribution < 1.29 is 51.8 Å². The fourth-order valence-corrected chi connectivity index (χ4v) is 6.02. The van der Waals surface area contributed by atoms with Gasteiger partial charge in [0.1, 0.15) is 13.2 Å². The first kappa shape index (κ1) is 51.4. The van der Waals surface area contributed by atoms with Crippen molar-refractivity contribution in [1.29, 1.82) is 0 Å². The third kappa shape index (κ3) is 37.8. The average Bonchev–Trinajstić information content (AvgIpc) is 3.09. The Morgan fingerprint density at radius 3 is 1.51 bits per heavy atom. The van der Waals surface area contributed by atoms with Crippen LogP contribution in [-0.4, -0.2) is 70.8 Å². The molecule has 12 nitrogen and oxygen atoms in total. The zero-order valence-corrected chi connectivity index (χ0v) is 32.6. The molecule has 0 saturated carbocycles. The number of ether oxygens (including phenoxy) is 4. The van der Waals surface area contributed by atoms with Crippen LogP contribution in [-0.2, 0) is 42.1 Å². The highest BCUT2D eigenvalue weighted by Crippen LogP contribution is 2.38. The van der Waals surface area contributed by atoms with Crippen molar-refractivity contribution in [2.75, 3.05) is 46.7 Å². The first-order valence-corrected chi connectivity index (χ1v) is 21.0. The van der Waals surface area contributed by atoms with Gasteiger partial charge in [-0.1, -0.05) is 150 Å². The van der Waals surface area contributed by atoms with Gasteiger partial charge in [0.15, 0.2) is 6.10 Å². The summed E-state index contributed by atoms with van der Waals surface area (Å²) in [4.78, 5) is 48.8. The van der Waals surface area contributed by atoms with Crippen molar-refractivity contribution in [2.24, 2.45) is 0 Å². The topological polar surface area (TPSA) is 159 Å². The smallest absolute Gasteiger partial charge is 0.407 e. The summed E-state index contributed by atoms with van der Waals surface area (Å²) >= 11 is 0. The summed E-state index contributed by atoms with van der Waals surface area (Å²) in [6.45, 7) is 3.30. The molecule has 0 fully saturated rings. The molecule has 0 aromatic heterocycles. The van der Waals surface area contributed by atoms with Crippen LogP contribution in [0.4, 0.5) is 4.79 Å². The minimum atomic E-state index is -4.81. The molecule has 0 spiro atoms. The van der Waals surface area contributed by atoms with Crippen molar-refractivity contribution in [2.45, 2.75) is 181 Å². The van der Waals surface area contributed by atoms with E-state index in [1.54, 1.807) is 0 Å². The number of phosphoric acid groups is 1. The molecule has 1 N–H and O–H groups in total. The standard InChI is InChI=1S/C37H72NO11P.CH4/c1-4-6-8-10-12-14-16-18-20-22-24-26-35(39)46-32-34(33-48-50(42,43)47-29-28-38-37(41)45-31-30-44-3)49-36(40)27-25-23-21-19-17-15-13-11-9-7-5-2;/h34H,4-33H2,1-3H3,(H,38,41)(H,42,43);1H4/p-1. The van der Waals surface area contributed by atoms with E-state index >= 15 is 0 Å². The summed E-state index contributed by atoms with van der Waals surface area (Å²) in [5.74, 6) is -0.939. The second-order valence-electron chi connectivity index (χ2n) is 13.0. The highest BCUT2D eigenvalue weighted by Gasteiger charge is 2.21. The maximum atomic E-state index is 12.6. The van der Waals surface area contributed by atoms with Gasteiger partial charge in [-0.15, -0.1) is 0 Å². The van der Waals surface area contributed by atoms with Crippen LogP contribution in [0.15, 0.2) is 0 Å². The third-order valence-electron chi connectivity index (χ3n) is 8.26. The Hall–Kier alpha value is -1.72. The molecule has 1 amide bonds. The first-order valence-electron chi connectivity index (χ1n) is 19.6. The van der Waals surface area contributed by atoms with E-state index in [0.29, 0.717) is 12.8 Å². The predicted molar refractivity (Wildman–Crippen MR) is 200 cm³/mol. The minimum Gasteiger partial charge on any atom is -0.756 e. The molecule has 2 unspecified atom stereocenters. The zero-order chi connectivity index (χ0) is 37.0. The van der Waals surface area contributed by atoms with Crippen LogP contribution in [0.5, 0.6) is 0 Å². The molecular weight excluding hydrogens is 677 g/mol. The molecule has 0 saturated heterocycles. The molecule has 0 radical (unpaired) electrons. The minimum absolute atomic E-state index is 0. The molecule has 0 aromatic rings. The molecule has 51 heavy (non-hydrogen) atoms. The Morgan fingerprint density at radius 2 is 1.04 bits per heavy atom. The Bertz CT molecular complexity index is 862. The highest BCUT2D eigenvalue weighted by atomic mass is 31.2. The number of alkyl carbamates (subject to hydrolysis) is 1. The van der Waals surface area contributed by atoms with Crippen LogP contribution in [0, 0.1) is 0 Å². The molecule has 0 aliphatic heterocycles. The maximum absolute atomic E-state index is 12.6. The first-order chi connectivity index (χ1) is 24.2. The number of methoxy groups -OCH3 is 1. The van der Waals surface area contributed by atoms with Gasteiger partial charge in [0, 0.05) is 26.5 Å². The normalized spacial score (nSPS) is 12.8. The fraction of sp³-hybridized carbons (Fsp3) is 0.921. The number of phosphoric ester groups is 1. The lowest BCUT2D eigenvalue weighted by molar-refractivity contribution is -0.228. The second-order valence-corrected chi connectivity index (χ2v) is 14.4. The van der Waals surface area contributed by atoms with Gasteiger partial charge in [-0.3, -0.25) is 14.2 Å². The van der Waals surface area contributed by atoms with Gasteiger partial charge < -0.3 is 38.2 Å². The van der Waals surface area contributed by atoms with E-state index in [1.807, 2.05) is 0 Å². The lowest BCUT2D eigenvalue weighted by Gasteiger charge is -2.25. The zero-order valence-electron chi connectivity index (χ0n) is 31.7. The number of amides is 1. The van der Waals surface area contributed by atoms with Gasteiger partial charge in [-0.05, 0) is 12.8 Å². The van der Waals surface area contributed by atoms with Crippen molar-refractivity contribution >= 4 is 25.9 Å². The molecule has 13 heteroatoms. The van der Waals surface area contributed by atoms with Crippen LogP contribution in [0.1, 0.15) is 175 Å². The number of unbranched alkanes of at least 4 members (excludes halogenated alkanes) is 20. The molecule has 0 aliphatic carbocycles. The third-order valence-corrected chi connectivity index (χ3v) is 9.22. The van der Waals surface area contributed by atoms with E-state index in [1.165, 1.54) is 97.0 Å². The second kappa shape index (κ2) is 38.0. The SMILES string of the molecule is C.CCCCCCCCCCCCCC(=O)OCC(COP(=O)([O-])OCCNC(=O)OCCOC)OC(=O)CCCCCCCCCCCCC. The van der Waals surface area contributed by atoms with Crippen LogP contribution in [0.2, 0.25) is 0 Å². The summed E-state index contributed by atoms with van der Waals surface area (Å²) in [7, 11) is -3.34. The van der Waals surface area contributed by atoms with Gasteiger partial charge in [0.05, 0.1) is 19.8 Å². The number of nitrogens with one attached hydrogen (secondary N) is 1. The van der Waals surface area contributed by atoms with Crippen molar-refractivity contribution in [3.05, 3.63) is 0 Å². The van der Waals surface area contributed by atoms with Gasteiger partial charge in [0.25, 0.3) is 7.82 Å². The molecule has 2 atom stereocenters. The largest absolute Gasteiger partial charge is 0.756 e. The van der Waals surface area contributed by atoms with Gasteiger partial charge >= 0.3 is 18.0 Å². The number of hydrogen-bond acceptors (Lipinski definition) is 11. The maximum Gasteiger partial charge on any atom is 0.407 e. The average molecular weight is 753 g/mol. The number of rotatable bonds is 37. The molecule has 0 aromatic carbocycles. The van der Waals surface area contributed by atoms with Gasteiger partial charge in [-0.2, -0.15) is 0 Å². The molecular formula is C38H75NO11P-. The number of esters is 2. The molecule has 0 bridgehead atoms. The summed E-state index contributed by atoms with van der Waals surface area (Å²) in [6.07, 6.45) is 24.0. The van der Waals surface area contributed by atoms with E-state index in [2.05, 4.69) is 19.2 Å². The van der Waals surface area contributed by atoms with Crippen molar-refractivity contribution in [3.8, 4) is 0 Å². The molecule has 0 rings (SSSR count). The van der Waals surface area contributed by atoms with E-state index in [4.69, 9.17) is 28.0 Å². The Labute approximate surface area is 310 Å². The Morgan fingerprint density at radius 1 is 0.588 bits per heavy atom. The lowest BCUT2D eigenvalue weighted by atomic mass is 10.1. The van der Waals surface area contributed by atoms with E-state index in [0.717, 1.165) is 38.5 Å². The molecule has 0 heterocycles. The van der Waals surface area contributed by atoms with Crippen molar-refractivity contribution in [1.82, 2.24) is 5.32 Å². The summed E-state index contributed by atoms with van der Waals surface area (Å²) in [5, 5.41) is 2.34. The van der Waals surface area contributed by atoms with E-state index in [9.17, 15) is 23.8 Å². The van der Waals surface area contributed by atoms with E-state index < -0.39 is 45.2 Å². The number of carbonyl (C=O) groups excluding carboxylic acids is 3. The molecule has 0 aliphatic rings. The number of hydrogen-bond donors (Lipinski definition) is 1. The highest BCUT2D eigenvalue weighted by molar-refractivity contribution is 7.45. The predicted octanol–water partition coefficient (Wildman–Crippen LogP) is 9.35. The monoisotopic (exact) mass is 753 g/mol. The number of carbonyl (C=O) groups is 3. The van der Waals surface area contributed by atoms with E-state index in [-0.39, 0.29) is 46.6 Å². The Balaban J connectivity index is 0. The fourth-order valence-electron chi connectivity index (χ4n) is 5.28. The van der Waals surface area contributed by atoms with Crippen LogP contribution in [0.25, 0.3) is 0 Å². The summed E-state index contributed by atoms with van der Waals surface area (Å²) in [6, 6.07) is 0. The molecule has 304 valence electrons. The van der Waals surface area contributed by atoms with Crippen molar-refractivity contribution in [3.63, 3.8) is 0 Å².